The predicted octanol–water partition coefficient (Wildman–Crippen LogP) is 1.87. The molecule has 1 amide bonds. The van der Waals surface area contributed by atoms with E-state index in [0.717, 1.165) is 32.4 Å². The molecule has 106 valence electrons. The Morgan fingerprint density at radius 1 is 1.50 bits per heavy atom. The molecule has 3 rings (SSSR count). The number of carbonyl (C=O) groups excluding carboxylic acids is 1. The van der Waals surface area contributed by atoms with Gasteiger partial charge in [-0.1, -0.05) is 5.16 Å². The number of nitrogens with zero attached hydrogens (tertiary/aromatic N) is 4. The Hall–Kier alpha value is -2.11. The van der Waals surface area contributed by atoms with Gasteiger partial charge in [0, 0.05) is 25.0 Å². The molecule has 0 saturated carbocycles. The first-order chi connectivity index (χ1) is 9.74. The lowest BCUT2D eigenvalue weighted by Gasteiger charge is -2.35. The van der Waals surface area contributed by atoms with Crippen molar-refractivity contribution in [3.63, 3.8) is 0 Å². The summed E-state index contributed by atoms with van der Waals surface area (Å²) in [6.07, 6.45) is 6.88. The lowest BCUT2D eigenvalue weighted by molar-refractivity contribution is 0.0573. The zero-order chi connectivity index (χ0) is 13.9. The van der Waals surface area contributed by atoms with Crippen LogP contribution in [0, 0.1) is 6.92 Å². The quantitative estimate of drug-likeness (QED) is 0.857. The topological polar surface area (TPSA) is 64.2 Å². The van der Waals surface area contributed by atoms with Gasteiger partial charge in [0.05, 0.1) is 12.6 Å². The average molecular weight is 274 g/mol. The number of carbonyl (C=O) groups is 1. The smallest absolute Gasteiger partial charge is 0.276 e. The van der Waals surface area contributed by atoms with Gasteiger partial charge in [0.25, 0.3) is 5.91 Å². The minimum atomic E-state index is -0.0429. The van der Waals surface area contributed by atoms with Gasteiger partial charge in [0.2, 0.25) is 0 Å². The van der Waals surface area contributed by atoms with E-state index < -0.39 is 0 Å². The van der Waals surface area contributed by atoms with Gasteiger partial charge >= 0.3 is 0 Å². The van der Waals surface area contributed by atoms with E-state index in [9.17, 15) is 4.79 Å². The van der Waals surface area contributed by atoms with Crippen LogP contribution >= 0.6 is 0 Å². The summed E-state index contributed by atoms with van der Waals surface area (Å²) in [5, 5.41) is 8.06. The molecule has 20 heavy (non-hydrogen) atoms. The molecule has 0 spiro atoms. The highest BCUT2D eigenvalue weighted by molar-refractivity contribution is 5.92. The summed E-state index contributed by atoms with van der Waals surface area (Å²) in [5.41, 5.74) is 0.398. The van der Waals surface area contributed by atoms with Gasteiger partial charge in [0.1, 0.15) is 5.76 Å². The van der Waals surface area contributed by atoms with Crippen molar-refractivity contribution in [2.75, 3.05) is 6.54 Å². The van der Waals surface area contributed by atoms with Crippen LogP contribution in [-0.2, 0) is 6.54 Å². The number of hydrogen-bond donors (Lipinski definition) is 0. The van der Waals surface area contributed by atoms with Crippen LogP contribution in [-0.4, -0.2) is 38.3 Å². The molecule has 0 bridgehead atoms. The molecule has 2 aromatic heterocycles. The van der Waals surface area contributed by atoms with Gasteiger partial charge in [-0.05, 0) is 32.3 Å². The van der Waals surface area contributed by atoms with E-state index in [1.807, 2.05) is 21.8 Å². The fourth-order valence-corrected chi connectivity index (χ4v) is 2.70. The van der Waals surface area contributed by atoms with Gasteiger partial charge < -0.3 is 9.42 Å². The molecule has 0 aromatic carbocycles. The third-order valence-corrected chi connectivity index (χ3v) is 3.69. The molecule has 0 radical (unpaired) electrons. The van der Waals surface area contributed by atoms with Gasteiger partial charge in [-0.25, -0.2) is 0 Å². The lowest BCUT2D eigenvalue weighted by Crippen LogP contribution is -2.46. The predicted molar refractivity (Wildman–Crippen MR) is 72.1 cm³/mol. The lowest BCUT2D eigenvalue weighted by atomic mass is 10.0. The molecule has 0 N–H and O–H groups in total. The van der Waals surface area contributed by atoms with E-state index in [0.29, 0.717) is 11.5 Å². The highest BCUT2D eigenvalue weighted by Crippen LogP contribution is 2.21. The first-order valence-corrected chi connectivity index (χ1v) is 6.96. The maximum atomic E-state index is 12.5. The van der Waals surface area contributed by atoms with Gasteiger partial charge in [-0.15, -0.1) is 0 Å². The van der Waals surface area contributed by atoms with E-state index in [1.165, 1.54) is 0 Å². The molecule has 0 unspecified atom stereocenters. The minimum Gasteiger partial charge on any atom is -0.361 e. The Morgan fingerprint density at radius 3 is 3.10 bits per heavy atom. The zero-order valence-electron chi connectivity index (χ0n) is 11.5. The molecule has 3 heterocycles. The summed E-state index contributed by atoms with van der Waals surface area (Å²) >= 11 is 0. The first-order valence-electron chi connectivity index (χ1n) is 6.96. The third-order valence-electron chi connectivity index (χ3n) is 3.69. The van der Waals surface area contributed by atoms with E-state index in [2.05, 4.69) is 10.3 Å². The number of aryl methyl sites for hydroxylation is 1. The van der Waals surface area contributed by atoms with Crippen molar-refractivity contribution in [3.05, 3.63) is 36.0 Å². The largest absolute Gasteiger partial charge is 0.361 e. The van der Waals surface area contributed by atoms with Crippen LogP contribution in [0.4, 0.5) is 0 Å². The highest BCUT2D eigenvalue weighted by atomic mass is 16.5. The second-order valence-corrected chi connectivity index (χ2v) is 5.20. The normalized spacial score (nSPS) is 19.2. The third kappa shape index (κ3) is 2.59. The van der Waals surface area contributed by atoms with Crippen LogP contribution in [0.5, 0.6) is 0 Å². The summed E-state index contributed by atoms with van der Waals surface area (Å²) in [7, 11) is 0. The number of rotatable bonds is 3. The van der Waals surface area contributed by atoms with Gasteiger partial charge in [-0.2, -0.15) is 5.10 Å². The molecule has 1 atom stereocenters. The Balaban J connectivity index is 1.76. The van der Waals surface area contributed by atoms with Crippen LogP contribution in [0.1, 0.15) is 35.5 Å². The minimum absolute atomic E-state index is 0.0429. The number of amides is 1. The van der Waals surface area contributed by atoms with E-state index >= 15 is 0 Å². The van der Waals surface area contributed by atoms with Crippen molar-refractivity contribution in [2.24, 2.45) is 0 Å². The highest BCUT2D eigenvalue weighted by Gasteiger charge is 2.29. The van der Waals surface area contributed by atoms with E-state index in [1.54, 1.807) is 19.2 Å². The number of piperidine rings is 1. The van der Waals surface area contributed by atoms with Crippen molar-refractivity contribution in [2.45, 2.75) is 38.8 Å². The van der Waals surface area contributed by atoms with E-state index in [-0.39, 0.29) is 11.9 Å². The SMILES string of the molecule is Cc1cc(C(=O)N2CCCC[C@H]2Cn2cccn2)no1. The van der Waals surface area contributed by atoms with Crippen LogP contribution in [0.25, 0.3) is 0 Å². The van der Waals surface area contributed by atoms with Crippen molar-refractivity contribution < 1.29 is 9.32 Å². The Bertz CT molecular complexity index is 576. The molecular weight excluding hydrogens is 256 g/mol. The van der Waals surface area contributed by atoms with Crippen LogP contribution in [0.3, 0.4) is 0 Å². The van der Waals surface area contributed by atoms with Crippen molar-refractivity contribution in [3.8, 4) is 0 Å². The van der Waals surface area contributed by atoms with Crippen molar-refractivity contribution in [1.29, 1.82) is 0 Å². The average Bonchev–Trinajstić information content (AvgIpc) is 3.10. The molecule has 6 heteroatoms. The number of aromatic nitrogens is 3. The molecule has 2 aromatic rings. The summed E-state index contributed by atoms with van der Waals surface area (Å²) in [6.45, 7) is 3.30. The monoisotopic (exact) mass is 274 g/mol. The zero-order valence-corrected chi connectivity index (χ0v) is 11.5. The van der Waals surface area contributed by atoms with Gasteiger partial charge in [-0.3, -0.25) is 9.48 Å². The number of hydrogen-bond acceptors (Lipinski definition) is 4. The van der Waals surface area contributed by atoms with Crippen molar-refractivity contribution >= 4 is 5.91 Å². The standard InChI is InChI=1S/C14H18N4O2/c1-11-9-13(16-20-11)14(19)18-8-3-2-5-12(18)10-17-7-4-6-15-17/h4,6-7,9,12H,2-3,5,8,10H2,1H3/t12-/m0/s1. The van der Waals surface area contributed by atoms with Gasteiger partial charge in [0.15, 0.2) is 5.69 Å². The molecular formula is C14H18N4O2. The van der Waals surface area contributed by atoms with E-state index in [4.69, 9.17) is 4.52 Å². The molecule has 1 aliphatic rings. The fraction of sp³-hybridized carbons (Fsp3) is 0.500. The Morgan fingerprint density at radius 2 is 2.40 bits per heavy atom. The molecule has 0 aliphatic carbocycles. The first kappa shape index (κ1) is 12.9. The van der Waals surface area contributed by atoms with Crippen LogP contribution in [0.15, 0.2) is 29.0 Å². The summed E-state index contributed by atoms with van der Waals surface area (Å²) in [5.74, 6) is 0.618. The molecule has 6 nitrogen and oxygen atoms in total. The summed E-state index contributed by atoms with van der Waals surface area (Å²) in [4.78, 5) is 14.4. The molecule has 1 aliphatic heterocycles. The Kier molecular flexibility index (Phi) is 3.54. The molecule has 1 fully saturated rings. The molecule has 1 saturated heterocycles. The maximum Gasteiger partial charge on any atom is 0.276 e. The summed E-state index contributed by atoms with van der Waals surface area (Å²) < 4.78 is 6.88. The fourth-order valence-electron chi connectivity index (χ4n) is 2.70. The van der Waals surface area contributed by atoms with Crippen LogP contribution < -0.4 is 0 Å². The Labute approximate surface area is 117 Å². The second kappa shape index (κ2) is 5.48. The van der Waals surface area contributed by atoms with Crippen molar-refractivity contribution in [1.82, 2.24) is 19.8 Å². The van der Waals surface area contributed by atoms with Crippen LogP contribution in [0.2, 0.25) is 0 Å². The maximum absolute atomic E-state index is 12.5. The summed E-state index contributed by atoms with van der Waals surface area (Å²) in [6, 6.07) is 3.77. The second-order valence-electron chi connectivity index (χ2n) is 5.20. The number of likely N-dealkylation sites (tertiary alicyclic amines) is 1.